The third-order valence-electron chi connectivity index (χ3n) is 7.97. The summed E-state index contributed by atoms with van der Waals surface area (Å²) >= 11 is 0. The maximum Gasteiger partial charge on any atom is 0.306 e. The third-order valence-corrected chi connectivity index (χ3v) is 7.97. The van der Waals surface area contributed by atoms with E-state index in [4.69, 9.17) is 23.8 Å². The number of ether oxygens (including phenoxy) is 4. The number of hydrogen-bond acceptors (Lipinski definition) is 11. The van der Waals surface area contributed by atoms with Gasteiger partial charge in [-0.3, -0.25) is 24.1 Å². The first-order valence-corrected chi connectivity index (χ1v) is 16.5. The van der Waals surface area contributed by atoms with Crippen molar-refractivity contribution in [2.24, 2.45) is 0 Å². The molecule has 0 unspecified atom stereocenters. The molecule has 2 heterocycles. The predicted molar refractivity (Wildman–Crippen MR) is 179 cm³/mol. The first kappa shape index (κ1) is 37.3. The van der Waals surface area contributed by atoms with Crippen molar-refractivity contribution in [3.05, 3.63) is 77.5 Å². The summed E-state index contributed by atoms with van der Waals surface area (Å²) in [4.78, 5) is 60.5. The highest BCUT2D eigenvalue weighted by molar-refractivity contribution is 5.91. The van der Waals surface area contributed by atoms with E-state index < -0.39 is 54.5 Å². The summed E-state index contributed by atoms with van der Waals surface area (Å²) in [5.41, 5.74) is 6.29. The highest BCUT2D eigenvalue weighted by Gasteiger charge is 2.51. The summed E-state index contributed by atoms with van der Waals surface area (Å²) in [5, 5.41) is 10.8. The Morgan fingerprint density at radius 1 is 0.878 bits per heavy atom. The summed E-state index contributed by atoms with van der Waals surface area (Å²) in [6.07, 6.45) is -0.922. The Morgan fingerprint density at radius 3 is 2.16 bits per heavy atom. The molecule has 0 saturated carbocycles. The number of carbonyl (C=O) groups excluding carboxylic acids is 4. The van der Waals surface area contributed by atoms with Gasteiger partial charge in [0.25, 0.3) is 5.91 Å². The Hall–Kier alpha value is -4.56. The van der Waals surface area contributed by atoms with Crippen molar-refractivity contribution < 1.29 is 48.1 Å². The number of aliphatic hydroxyl groups is 1. The lowest BCUT2D eigenvalue weighted by molar-refractivity contribution is -0.312. The first-order valence-electron chi connectivity index (χ1n) is 16.5. The Morgan fingerprint density at radius 2 is 1.51 bits per heavy atom. The molecule has 1 amide bonds. The molecule has 1 aliphatic heterocycles. The van der Waals surface area contributed by atoms with E-state index in [0.29, 0.717) is 19.6 Å². The van der Waals surface area contributed by atoms with E-state index in [-0.39, 0.29) is 25.9 Å². The van der Waals surface area contributed by atoms with E-state index in [1.54, 1.807) is 33.8 Å². The number of rotatable bonds is 16. The lowest BCUT2D eigenvalue weighted by atomic mass is 9.99. The lowest BCUT2D eigenvalue weighted by Crippen LogP contribution is -2.62. The van der Waals surface area contributed by atoms with Crippen LogP contribution in [0.25, 0.3) is 17.0 Å². The molecule has 4 rings (SSSR count). The topological polar surface area (TPSA) is 166 Å². The monoisotopic (exact) mass is 679 g/mol. The highest BCUT2D eigenvalue weighted by Crippen LogP contribution is 2.29. The smallest absolute Gasteiger partial charge is 0.306 e. The number of benzene rings is 2. The van der Waals surface area contributed by atoms with Crippen molar-refractivity contribution >= 4 is 40.8 Å². The largest absolute Gasteiger partial charge is 0.455 e. The number of esters is 3. The number of hydrogen-bond donors (Lipinski definition) is 3. The summed E-state index contributed by atoms with van der Waals surface area (Å²) in [6, 6.07) is 15.8. The molecule has 0 radical (unpaired) electrons. The quantitative estimate of drug-likeness (QED) is 0.0869. The van der Waals surface area contributed by atoms with E-state index in [9.17, 15) is 24.3 Å². The van der Waals surface area contributed by atoms with Gasteiger partial charge in [0.15, 0.2) is 18.3 Å². The Balaban J connectivity index is 1.38. The van der Waals surface area contributed by atoms with E-state index in [1.807, 2.05) is 48.7 Å². The van der Waals surface area contributed by atoms with Gasteiger partial charge in [-0.25, -0.2) is 10.3 Å². The number of fused-ring (bicyclic) bond motifs is 1. The number of H-pyrrole nitrogens is 1. The number of aliphatic hydroxyl groups excluding tert-OH is 1. The summed E-state index contributed by atoms with van der Waals surface area (Å²) in [7, 11) is 0. The second kappa shape index (κ2) is 18.3. The third kappa shape index (κ3) is 10.5. The number of nitrogens with zero attached hydrogens (tertiary/aromatic N) is 1. The average Bonchev–Trinajstić information content (AvgIpc) is 3.51. The van der Waals surface area contributed by atoms with Gasteiger partial charge in [0.1, 0.15) is 0 Å². The van der Waals surface area contributed by atoms with Crippen molar-refractivity contribution in [1.29, 1.82) is 0 Å². The summed E-state index contributed by atoms with van der Waals surface area (Å²) in [6.45, 7) is 8.21. The zero-order valence-corrected chi connectivity index (χ0v) is 28.3. The Labute approximate surface area is 285 Å². The van der Waals surface area contributed by atoms with Crippen LogP contribution in [0, 0.1) is 0 Å². The summed E-state index contributed by atoms with van der Waals surface area (Å²) in [5.74, 6) is -2.43. The van der Waals surface area contributed by atoms with Crippen LogP contribution in [0.2, 0.25) is 0 Å². The Kier molecular flexibility index (Phi) is 13.9. The minimum atomic E-state index is -1.38. The molecular weight excluding hydrogens is 634 g/mol. The standard InChI is InChI=1S/C36H45N3O10/c1-5-30(42)46-33-23(4)45-36(35(48-32(44)7-3)34(33)47-31(43)6-2)49-38-29(41)17-16-24-12-14-25(15-13-24)21-39(18-19-40)22-26-20-37-28-11-9-8-10-27(26)28/h8-17,20,23,33-37,40H,5-7,18-19,21-22H2,1-4H3,(H,38,41)/b17-16+/t23-,33+,34+,35-,36-/m0/s1. The molecule has 1 aromatic heterocycles. The van der Waals surface area contributed by atoms with Crippen molar-refractivity contribution in [1.82, 2.24) is 15.4 Å². The zero-order valence-electron chi connectivity index (χ0n) is 28.3. The highest BCUT2D eigenvalue weighted by atomic mass is 16.8. The zero-order chi connectivity index (χ0) is 35.3. The number of carbonyl (C=O) groups is 4. The van der Waals surface area contributed by atoms with Crippen molar-refractivity contribution in [3.63, 3.8) is 0 Å². The molecule has 5 atom stereocenters. The molecule has 3 aromatic rings. The predicted octanol–water partition coefficient (Wildman–Crippen LogP) is 3.93. The Bertz CT molecular complexity index is 1590. The maximum atomic E-state index is 12.7. The molecule has 1 saturated heterocycles. The van der Waals surface area contributed by atoms with Crippen LogP contribution in [0.3, 0.4) is 0 Å². The summed E-state index contributed by atoms with van der Waals surface area (Å²) < 4.78 is 22.4. The molecule has 0 bridgehead atoms. The van der Waals surface area contributed by atoms with Gasteiger partial charge in [-0.2, -0.15) is 0 Å². The number of hydroxylamine groups is 1. The maximum absolute atomic E-state index is 12.7. The molecule has 0 spiro atoms. The van der Waals surface area contributed by atoms with Crippen LogP contribution in [-0.2, 0) is 56.1 Å². The van der Waals surface area contributed by atoms with Gasteiger partial charge in [0.2, 0.25) is 6.29 Å². The molecule has 264 valence electrons. The van der Waals surface area contributed by atoms with Gasteiger partial charge >= 0.3 is 17.9 Å². The van der Waals surface area contributed by atoms with Gasteiger partial charge < -0.3 is 29.0 Å². The second-order valence-electron chi connectivity index (χ2n) is 11.6. The van der Waals surface area contributed by atoms with Crippen LogP contribution in [0.5, 0.6) is 0 Å². The minimum Gasteiger partial charge on any atom is -0.455 e. The van der Waals surface area contributed by atoms with Crippen LogP contribution < -0.4 is 5.48 Å². The van der Waals surface area contributed by atoms with Crippen LogP contribution in [0.1, 0.15) is 63.6 Å². The second-order valence-corrected chi connectivity index (χ2v) is 11.6. The fraction of sp³-hybridized carbons (Fsp3) is 0.444. The van der Waals surface area contributed by atoms with Crippen LogP contribution in [-0.4, -0.2) is 82.7 Å². The average molecular weight is 680 g/mol. The van der Waals surface area contributed by atoms with E-state index >= 15 is 0 Å². The van der Waals surface area contributed by atoms with Crippen molar-refractivity contribution in [3.8, 4) is 0 Å². The van der Waals surface area contributed by atoms with Crippen molar-refractivity contribution in [2.75, 3.05) is 13.2 Å². The van der Waals surface area contributed by atoms with Gasteiger partial charge in [-0.15, -0.1) is 0 Å². The van der Waals surface area contributed by atoms with Gasteiger partial charge in [-0.1, -0.05) is 63.2 Å². The van der Waals surface area contributed by atoms with Gasteiger partial charge in [-0.05, 0) is 35.8 Å². The van der Waals surface area contributed by atoms with Crippen LogP contribution >= 0.6 is 0 Å². The molecule has 1 fully saturated rings. The van der Waals surface area contributed by atoms with E-state index in [2.05, 4.69) is 21.4 Å². The number of aromatic amines is 1. The normalized spacial score (nSPS) is 20.7. The molecule has 3 N–H and O–H groups in total. The number of aromatic nitrogens is 1. The molecule has 13 heteroatoms. The molecule has 2 aromatic carbocycles. The molecular formula is C36H45N3O10. The molecule has 13 nitrogen and oxygen atoms in total. The van der Waals surface area contributed by atoms with Gasteiger partial charge in [0, 0.05) is 62.1 Å². The molecule has 0 aliphatic carbocycles. The van der Waals surface area contributed by atoms with E-state index in [1.165, 1.54) is 6.08 Å². The van der Waals surface area contributed by atoms with Crippen LogP contribution in [0.15, 0.2) is 60.8 Å². The first-order chi connectivity index (χ1) is 23.6. The SMILES string of the molecule is CCC(=O)O[C@H]1[C@H](OC(=O)CC)[C@H](ONC(=O)/C=C/c2ccc(CN(CCO)Cc3c[nH]c4ccccc34)cc2)O[C@@H](C)[C@H]1OC(=O)CC. The fourth-order valence-electron chi connectivity index (χ4n) is 5.37. The van der Waals surface area contributed by atoms with E-state index in [0.717, 1.165) is 27.6 Å². The number of amides is 1. The van der Waals surface area contributed by atoms with Crippen LogP contribution in [0.4, 0.5) is 0 Å². The lowest BCUT2D eigenvalue weighted by Gasteiger charge is -2.43. The minimum absolute atomic E-state index is 0.00405. The van der Waals surface area contributed by atoms with Gasteiger partial charge in [0.05, 0.1) is 12.7 Å². The number of nitrogens with one attached hydrogen (secondary N) is 2. The van der Waals surface area contributed by atoms with Crippen molar-refractivity contribution in [2.45, 2.75) is 90.8 Å². The molecule has 49 heavy (non-hydrogen) atoms. The number of para-hydroxylation sites is 1. The molecule has 1 aliphatic rings. The fourth-order valence-corrected chi connectivity index (χ4v) is 5.37.